The van der Waals surface area contributed by atoms with Crippen molar-refractivity contribution in [1.29, 1.82) is 0 Å². The number of hydrogen-bond donors (Lipinski definition) is 2. The Kier molecular flexibility index (Phi) is 6.23. The Morgan fingerprint density at radius 2 is 2.05 bits per heavy atom. The number of carbonyl (C=O) groups is 1. The van der Waals surface area contributed by atoms with E-state index in [1.54, 1.807) is 7.05 Å². The van der Waals surface area contributed by atoms with Gasteiger partial charge in [-0.05, 0) is 73.4 Å². The monoisotopic (exact) mass is 270 g/mol. The SMILES string of the molecule is CNC(C)(CCCN(C)C1CCN(C)CC1)C(N)=O. The van der Waals surface area contributed by atoms with Crippen LogP contribution in [0, 0.1) is 0 Å². The highest BCUT2D eigenvalue weighted by atomic mass is 16.1. The molecule has 0 aromatic rings. The Labute approximate surface area is 117 Å². The number of amides is 1. The fraction of sp³-hybridized carbons (Fsp3) is 0.929. The molecule has 0 bridgehead atoms. The van der Waals surface area contributed by atoms with E-state index in [2.05, 4.69) is 29.2 Å². The van der Waals surface area contributed by atoms with Gasteiger partial charge in [0.25, 0.3) is 0 Å². The summed E-state index contributed by atoms with van der Waals surface area (Å²) in [5.74, 6) is -0.267. The predicted octanol–water partition coefficient (Wildman–Crippen LogP) is 0.256. The molecule has 1 fully saturated rings. The minimum atomic E-state index is -0.576. The van der Waals surface area contributed by atoms with Crippen LogP contribution in [0.1, 0.15) is 32.6 Å². The largest absolute Gasteiger partial charge is 0.368 e. The number of hydrogen-bond acceptors (Lipinski definition) is 4. The van der Waals surface area contributed by atoms with Gasteiger partial charge < -0.3 is 20.9 Å². The van der Waals surface area contributed by atoms with Crippen molar-refractivity contribution in [2.45, 2.75) is 44.2 Å². The van der Waals surface area contributed by atoms with E-state index in [0.717, 1.165) is 19.4 Å². The lowest BCUT2D eigenvalue weighted by Crippen LogP contribution is -2.51. The summed E-state index contributed by atoms with van der Waals surface area (Å²) in [6, 6.07) is 0.686. The summed E-state index contributed by atoms with van der Waals surface area (Å²) in [4.78, 5) is 16.2. The first-order chi connectivity index (χ1) is 8.89. The molecule has 112 valence electrons. The normalized spacial score (nSPS) is 21.5. The Bertz CT molecular complexity index is 289. The summed E-state index contributed by atoms with van der Waals surface area (Å²) in [6.07, 6.45) is 4.26. The molecule has 0 aromatic heterocycles. The van der Waals surface area contributed by atoms with Crippen molar-refractivity contribution in [2.75, 3.05) is 40.8 Å². The van der Waals surface area contributed by atoms with Crippen LogP contribution < -0.4 is 11.1 Å². The number of nitrogens with two attached hydrogens (primary N) is 1. The molecule has 1 heterocycles. The third kappa shape index (κ3) is 4.75. The minimum Gasteiger partial charge on any atom is -0.368 e. The van der Waals surface area contributed by atoms with Gasteiger partial charge in [0.2, 0.25) is 5.91 Å². The van der Waals surface area contributed by atoms with E-state index in [1.165, 1.54) is 25.9 Å². The molecule has 5 nitrogen and oxygen atoms in total. The van der Waals surface area contributed by atoms with Gasteiger partial charge in [0.1, 0.15) is 0 Å². The first-order valence-electron chi connectivity index (χ1n) is 7.26. The van der Waals surface area contributed by atoms with E-state index >= 15 is 0 Å². The molecule has 0 radical (unpaired) electrons. The lowest BCUT2D eigenvalue weighted by atomic mass is 9.94. The quantitative estimate of drug-likeness (QED) is 0.696. The summed E-state index contributed by atoms with van der Waals surface area (Å²) >= 11 is 0. The summed E-state index contributed by atoms with van der Waals surface area (Å²) in [6.45, 7) is 5.28. The van der Waals surface area contributed by atoms with E-state index < -0.39 is 5.54 Å². The maximum absolute atomic E-state index is 11.4. The first-order valence-corrected chi connectivity index (χ1v) is 7.26. The Morgan fingerprint density at radius 3 is 2.53 bits per heavy atom. The molecule has 5 heteroatoms. The molecule has 0 aliphatic carbocycles. The van der Waals surface area contributed by atoms with Crippen molar-refractivity contribution < 1.29 is 4.79 Å². The zero-order valence-corrected chi connectivity index (χ0v) is 12.9. The van der Waals surface area contributed by atoms with Crippen molar-refractivity contribution in [3.05, 3.63) is 0 Å². The van der Waals surface area contributed by atoms with Gasteiger partial charge >= 0.3 is 0 Å². The average Bonchev–Trinajstić information content (AvgIpc) is 2.38. The van der Waals surface area contributed by atoms with Gasteiger partial charge in [-0.2, -0.15) is 0 Å². The third-order valence-electron chi connectivity index (χ3n) is 4.59. The molecule has 0 spiro atoms. The van der Waals surface area contributed by atoms with E-state index in [-0.39, 0.29) is 5.91 Å². The van der Waals surface area contributed by atoms with Crippen LogP contribution in [0.2, 0.25) is 0 Å². The molecule has 1 saturated heterocycles. The van der Waals surface area contributed by atoms with E-state index in [4.69, 9.17) is 5.73 Å². The van der Waals surface area contributed by atoms with Crippen molar-refractivity contribution in [3.63, 3.8) is 0 Å². The van der Waals surface area contributed by atoms with Gasteiger partial charge in [-0.1, -0.05) is 0 Å². The number of nitrogens with one attached hydrogen (secondary N) is 1. The van der Waals surface area contributed by atoms with Crippen LogP contribution in [0.15, 0.2) is 0 Å². The van der Waals surface area contributed by atoms with Crippen molar-refractivity contribution in [1.82, 2.24) is 15.1 Å². The zero-order chi connectivity index (χ0) is 14.5. The molecule has 1 aliphatic heterocycles. The van der Waals surface area contributed by atoms with Crippen LogP contribution in [0.25, 0.3) is 0 Å². The van der Waals surface area contributed by atoms with Gasteiger partial charge in [0.05, 0.1) is 5.54 Å². The van der Waals surface area contributed by atoms with E-state index in [9.17, 15) is 4.79 Å². The molecular weight excluding hydrogens is 240 g/mol. The van der Waals surface area contributed by atoms with Crippen LogP contribution in [-0.4, -0.2) is 68.1 Å². The number of nitrogens with zero attached hydrogens (tertiary/aromatic N) is 2. The van der Waals surface area contributed by atoms with Crippen LogP contribution >= 0.6 is 0 Å². The molecule has 1 amide bonds. The molecular formula is C14H30N4O. The smallest absolute Gasteiger partial charge is 0.237 e. The second-order valence-corrected chi connectivity index (χ2v) is 6.06. The molecule has 0 saturated carbocycles. The lowest BCUT2D eigenvalue weighted by Gasteiger charge is -2.35. The van der Waals surface area contributed by atoms with Crippen molar-refractivity contribution in [2.24, 2.45) is 5.73 Å². The fourth-order valence-electron chi connectivity index (χ4n) is 2.67. The highest BCUT2D eigenvalue weighted by molar-refractivity contribution is 5.84. The van der Waals surface area contributed by atoms with E-state index in [0.29, 0.717) is 6.04 Å². The summed E-state index contributed by atoms with van der Waals surface area (Å²) in [5.41, 5.74) is 4.86. The summed E-state index contributed by atoms with van der Waals surface area (Å²) < 4.78 is 0. The van der Waals surface area contributed by atoms with Crippen LogP contribution in [0.5, 0.6) is 0 Å². The molecule has 19 heavy (non-hydrogen) atoms. The fourth-order valence-corrected chi connectivity index (χ4v) is 2.67. The zero-order valence-electron chi connectivity index (χ0n) is 12.9. The number of likely N-dealkylation sites (tertiary alicyclic amines) is 1. The van der Waals surface area contributed by atoms with Crippen LogP contribution in [0.4, 0.5) is 0 Å². The van der Waals surface area contributed by atoms with Gasteiger partial charge in [-0.3, -0.25) is 4.79 Å². The molecule has 1 atom stereocenters. The molecule has 1 aliphatic rings. The topological polar surface area (TPSA) is 61.6 Å². The second kappa shape index (κ2) is 7.22. The number of primary amides is 1. The Morgan fingerprint density at radius 1 is 1.47 bits per heavy atom. The number of carbonyl (C=O) groups excluding carboxylic acids is 1. The standard InChI is InChI=1S/C14H30N4O/c1-14(16-2,13(15)19)8-5-9-18(4)12-6-10-17(3)11-7-12/h12,16H,5-11H2,1-4H3,(H2,15,19). The maximum atomic E-state index is 11.4. The molecule has 1 unspecified atom stereocenters. The molecule has 3 N–H and O–H groups in total. The second-order valence-electron chi connectivity index (χ2n) is 6.06. The molecule has 1 rings (SSSR count). The summed E-state index contributed by atoms with van der Waals surface area (Å²) in [5, 5.41) is 3.04. The first kappa shape index (κ1) is 16.4. The number of likely N-dealkylation sites (N-methyl/N-ethyl adjacent to an activating group) is 1. The highest BCUT2D eigenvalue weighted by Crippen LogP contribution is 2.16. The molecule has 0 aromatic carbocycles. The third-order valence-corrected chi connectivity index (χ3v) is 4.59. The predicted molar refractivity (Wildman–Crippen MR) is 79.0 cm³/mol. The van der Waals surface area contributed by atoms with Gasteiger partial charge in [-0.15, -0.1) is 0 Å². The maximum Gasteiger partial charge on any atom is 0.237 e. The number of rotatable bonds is 7. The lowest BCUT2D eigenvalue weighted by molar-refractivity contribution is -0.123. The highest BCUT2D eigenvalue weighted by Gasteiger charge is 2.28. The average molecular weight is 270 g/mol. The minimum absolute atomic E-state index is 0.267. The van der Waals surface area contributed by atoms with Gasteiger partial charge in [-0.25, -0.2) is 0 Å². The van der Waals surface area contributed by atoms with Crippen LogP contribution in [0.3, 0.4) is 0 Å². The van der Waals surface area contributed by atoms with Gasteiger partial charge in [0.15, 0.2) is 0 Å². The van der Waals surface area contributed by atoms with Crippen molar-refractivity contribution >= 4 is 5.91 Å². The Balaban J connectivity index is 2.30. The number of piperidine rings is 1. The van der Waals surface area contributed by atoms with Crippen LogP contribution in [-0.2, 0) is 4.79 Å². The van der Waals surface area contributed by atoms with Crippen molar-refractivity contribution in [3.8, 4) is 0 Å². The van der Waals surface area contributed by atoms with E-state index in [1.807, 2.05) is 6.92 Å². The Hall–Kier alpha value is -0.650. The summed E-state index contributed by atoms with van der Waals surface area (Å²) in [7, 11) is 6.17. The van der Waals surface area contributed by atoms with Gasteiger partial charge in [0, 0.05) is 6.04 Å².